The fourth-order valence-electron chi connectivity index (χ4n) is 2.52. The van der Waals surface area contributed by atoms with Crippen molar-refractivity contribution < 1.29 is 17.9 Å². The van der Waals surface area contributed by atoms with E-state index >= 15 is 0 Å². The Hall–Kier alpha value is -1.47. The van der Waals surface area contributed by atoms with Crippen LogP contribution in [-0.4, -0.2) is 39.5 Å². The molecule has 0 spiro atoms. The first-order chi connectivity index (χ1) is 11.7. The molecule has 2 N–H and O–H groups in total. The summed E-state index contributed by atoms with van der Waals surface area (Å²) in [5.41, 5.74) is 2.12. The van der Waals surface area contributed by atoms with Crippen LogP contribution in [0.1, 0.15) is 45.6 Å². The van der Waals surface area contributed by atoms with Crippen LogP contribution in [0.3, 0.4) is 0 Å². The van der Waals surface area contributed by atoms with Gasteiger partial charge in [0.2, 0.25) is 10.0 Å². The normalized spacial score (nSPS) is 14.4. The fourth-order valence-corrected chi connectivity index (χ4v) is 3.37. The molecule has 0 amide bonds. The molecule has 0 aromatic heterocycles. The van der Waals surface area contributed by atoms with E-state index < -0.39 is 14.8 Å². The van der Waals surface area contributed by atoms with Crippen molar-refractivity contribution in [1.82, 2.24) is 4.72 Å². The predicted octanol–water partition coefficient (Wildman–Crippen LogP) is 3.07. The first-order valence-corrected chi connectivity index (χ1v) is 10.3. The Labute approximate surface area is 151 Å². The molecule has 0 bridgehead atoms. The van der Waals surface area contributed by atoms with Crippen molar-refractivity contribution in [3.63, 3.8) is 0 Å². The van der Waals surface area contributed by atoms with Crippen molar-refractivity contribution >= 4 is 15.7 Å². The summed E-state index contributed by atoms with van der Waals surface area (Å²) in [5, 5.41) is 3.42. The van der Waals surface area contributed by atoms with E-state index in [4.69, 9.17) is 9.47 Å². The van der Waals surface area contributed by atoms with Gasteiger partial charge in [-0.25, -0.2) is 13.1 Å². The zero-order valence-electron chi connectivity index (χ0n) is 15.6. The number of ether oxygens (including phenoxy) is 2. The maximum atomic E-state index is 11.9. The number of nitrogens with one attached hydrogen (secondary N) is 2. The topological polar surface area (TPSA) is 76.7 Å². The van der Waals surface area contributed by atoms with Crippen LogP contribution < -0.4 is 19.5 Å². The predicted molar refractivity (Wildman–Crippen MR) is 101 cm³/mol. The van der Waals surface area contributed by atoms with Crippen LogP contribution >= 0.6 is 0 Å². The van der Waals surface area contributed by atoms with Gasteiger partial charge < -0.3 is 14.8 Å². The second-order valence-electron chi connectivity index (χ2n) is 7.26. The van der Waals surface area contributed by atoms with Gasteiger partial charge in [0.25, 0.3) is 0 Å². The third kappa shape index (κ3) is 5.25. The van der Waals surface area contributed by atoms with Crippen LogP contribution in [0.5, 0.6) is 11.5 Å². The SMILES string of the molecule is Cc1c(NCCCCCNS(=O)(=O)C(C)(C)C)ccc2c1OCCO2. The van der Waals surface area contributed by atoms with Gasteiger partial charge in [-0.15, -0.1) is 0 Å². The van der Waals surface area contributed by atoms with Crippen molar-refractivity contribution in [2.75, 3.05) is 31.6 Å². The zero-order valence-corrected chi connectivity index (χ0v) is 16.5. The van der Waals surface area contributed by atoms with E-state index in [1.807, 2.05) is 19.1 Å². The van der Waals surface area contributed by atoms with Gasteiger partial charge in [-0.3, -0.25) is 0 Å². The van der Waals surface area contributed by atoms with E-state index in [2.05, 4.69) is 10.0 Å². The summed E-state index contributed by atoms with van der Waals surface area (Å²) in [5.74, 6) is 1.63. The third-order valence-electron chi connectivity index (χ3n) is 4.22. The highest BCUT2D eigenvalue weighted by atomic mass is 32.2. The molecule has 25 heavy (non-hydrogen) atoms. The molecule has 1 aliphatic rings. The lowest BCUT2D eigenvalue weighted by Gasteiger charge is -2.22. The van der Waals surface area contributed by atoms with Crippen molar-refractivity contribution in [2.24, 2.45) is 0 Å². The highest BCUT2D eigenvalue weighted by Crippen LogP contribution is 2.37. The molecule has 2 rings (SSSR count). The smallest absolute Gasteiger partial charge is 0.216 e. The average Bonchev–Trinajstić information content (AvgIpc) is 2.55. The Bertz CT molecular complexity index is 681. The number of benzene rings is 1. The second-order valence-corrected chi connectivity index (χ2v) is 9.78. The standard InChI is InChI=1S/C18H30N2O4S/c1-14-15(8-9-16-17(14)24-13-12-23-16)19-10-6-5-7-11-20-25(21,22)18(2,3)4/h8-9,19-20H,5-7,10-13H2,1-4H3. The Kier molecular flexibility index (Phi) is 6.57. The van der Waals surface area contributed by atoms with E-state index in [9.17, 15) is 8.42 Å². The van der Waals surface area contributed by atoms with Gasteiger partial charge in [0, 0.05) is 24.3 Å². The van der Waals surface area contributed by atoms with E-state index in [1.165, 1.54) is 0 Å². The lowest BCUT2D eigenvalue weighted by atomic mass is 10.1. The fraction of sp³-hybridized carbons (Fsp3) is 0.667. The monoisotopic (exact) mass is 370 g/mol. The number of sulfonamides is 1. The second kappa shape index (κ2) is 8.27. The van der Waals surface area contributed by atoms with Gasteiger partial charge >= 0.3 is 0 Å². The zero-order chi connectivity index (χ0) is 18.5. The summed E-state index contributed by atoms with van der Waals surface area (Å²) in [4.78, 5) is 0. The molecular formula is C18H30N2O4S. The van der Waals surface area contributed by atoms with E-state index in [0.29, 0.717) is 19.8 Å². The maximum Gasteiger partial charge on any atom is 0.216 e. The van der Waals surface area contributed by atoms with Crippen molar-refractivity contribution in [2.45, 2.75) is 51.7 Å². The summed E-state index contributed by atoms with van der Waals surface area (Å²) in [6.07, 6.45) is 2.77. The summed E-state index contributed by atoms with van der Waals surface area (Å²) in [7, 11) is -3.24. The Morgan fingerprint density at radius 2 is 1.72 bits per heavy atom. The summed E-state index contributed by atoms with van der Waals surface area (Å²) in [6, 6.07) is 3.95. The van der Waals surface area contributed by atoms with Gasteiger partial charge in [-0.05, 0) is 52.7 Å². The number of unbranched alkanes of at least 4 members (excludes halogenated alkanes) is 2. The molecule has 0 radical (unpaired) electrons. The average molecular weight is 371 g/mol. The molecule has 0 atom stereocenters. The van der Waals surface area contributed by atoms with Crippen LogP contribution in [0.25, 0.3) is 0 Å². The van der Waals surface area contributed by atoms with Crippen LogP contribution in [0.2, 0.25) is 0 Å². The molecule has 1 aromatic rings. The van der Waals surface area contributed by atoms with Gasteiger partial charge in [0.15, 0.2) is 11.5 Å². The van der Waals surface area contributed by atoms with Crippen molar-refractivity contribution in [1.29, 1.82) is 0 Å². The number of anilines is 1. The first-order valence-electron chi connectivity index (χ1n) is 8.84. The lowest BCUT2D eigenvalue weighted by Crippen LogP contribution is -2.39. The van der Waals surface area contributed by atoms with E-state index in [1.54, 1.807) is 20.8 Å². The van der Waals surface area contributed by atoms with Crippen LogP contribution in [-0.2, 0) is 10.0 Å². The van der Waals surface area contributed by atoms with Crippen LogP contribution in [0.4, 0.5) is 5.69 Å². The molecule has 0 saturated heterocycles. The quantitative estimate of drug-likeness (QED) is 0.688. The summed E-state index contributed by atoms with van der Waals surface area (Å²) < 4.78 is 37.0. The van der Waals surface area contributed by atoms with Crippen molar-refractivity contribution in [3.8, 4) is 11.5 Å². The third-order valence-corrected chi connectivity index (χ3v) is 6.42. The lowest BCUT2D eigenvalue weighted by molar-refractivity contribution is 0.170. The van der Waals surface area contributed by atoms with Gasteiger partial charge in [0.05, 0.1) is 4.75 Å². The largest absolute Gasteiger partial charge is 0.486 e. The molecule has 1 heterocycles. The van der Waals surface area contributed by atoms with Crippen molar-refractivity contribution in [3.05, 3.63) is 17.7 Å². The van der Waals surface area contributed by atoms with Gasteiger partial charge in [-0.1, -0.05) is 6.42 Å². The Morgan fingerprint density at radius 3 is 2.44 bits per heavy atom. The maximum absolute atomic E-state index is 11.9. The summed E-state index contributed by atoms with van der Waals surface area (Å²) >= 11 is 0. The molecule has 0 fully saturated rings. The minimum absolute atomic E-state index is 0.489. The van der Waals surface area contributed by atoms with Gasteiger partial charge in [-0.2, -0.15) is 0 Å². The van der Waals surface area contributed by atoms with E-state index in [0.717, 1.165) is 48.6 Å². The molecule has 1 aliphatic heterocycles. The molecule has 0 saturated carbocycles. The molecule has 6 nitrogen and oxygen atoms in total. The Balaban J connectivity index is 1.69. The molecular weight excluding hydrogens is 340 g/mol. The molecule has 7 heteroatoms. The number of hydrogen-bond acceptors (Lipinski definition) is 5. The van der Waals surface area contributed by atoms with Crippen LogP contribution in [0.15, 0.2) is 12.1 Å². The molecule has 1 aromatic carbocycles. The summed E-state index contributed by atoms with van der Waals surface area (Å²) in [6.45, 7) is 9.64. The highest BCUT2D eigenvalue weighted by Gasteiger charge is 2.27. The number of hydrogen-bond donors (Lipinski definition) is 2. The highest BCUT2D eigenvalue weighted by molar-refractivity contribution is 7.90. The van der Waals surface area contributed by atoms with Crippen LogP contribution in [0, 0.1) is 6.92 Å². The molecule has 0 unspecified atom stereocenters. The van der Waals surface area contributed by atoms with E-state index in [-0.39, 0.29) is 0 Å². The molecule has 0 aliphatic carbocycles. The number of fused-ring (bicyclic) bond motifs is 1. The minimum atomic E-state index is -3.24. The van der Waals surface area contributed by atoms with Gasteiger partial charge in [0.1, 0.15) is 13.2 Å². The number of rotatable bonds is 8. The first kappa shape index (κ1) is 19.8. The molecule has 142 valence electrons. The Morgan fingerprint density at radius 1 is 1.04 bits per heavy atom. The minimum Gasteiger partial charge on any atom is -0.486 e.